The Bertz CT molecular complexity index is 971. The molecule has 0 spiro atoms. The van der Waals surface area contributed by atoms with Gasteiger partial charge in [-0.25, -0.2) is 13.2 Å². The number of hydrogen-bond donors (Lipinski definition) is 1. The van der Waals surface area contributed by atoms with Crippen LogP contribution in [0.25, 0.3) is 0 Å². The maximum Gasteiger partial charge on any atom is 0.248 e. The minimum absolute atomic E-state index is 0.0285. The number of methoxy groups -OCH3 is 2. The highest BCUT2D eigenvalue weighted by molar-refractivity contribution is 5.95. The van der Waals surface area contributed by atoms with E-state index in [-0.39, 0.29) is 36.9 Å². The van der Waals surface area contributed by atoms with Crippen LogP contribution in [0, 0.1) is 11.7 Å². The predicted molar refractivity (Wildman–Crippen MR) is 112 cm³/mol. The Morgan fingerprint density at radius 1 is 1.19 bits per heavy atom. The minimum atomic E-state index is -2.66. The molecule has 1 fully saturated rings. The van der Waals surface area contributed by atoms with Crippen molar-refractivity contribution < 1.29 is 27.4 Å². The quantitative estimate of drug-likeness (QED) is 0.711. The first-order chi connectivity index (χ1) is 14.8. The van der Waals surface area contributed by atoms with Crippen LogP contribution >= 0.6 is 0 Å². The van der Waals surface area contributed by atoms with Gasteiger partial charge < -0.3 is 19.7 Å². The number of benzene rings is 2. The number of carbonyl (C=O) groups excluding carboxylic acids is 1. The van der Waals surface area contributed by atoms with E-state index in [1.807, 2.05) is 6.07 Å². The van der Waals surface area contributed by atoms with E-state index < -0.39 is 5.92 Å². The van der Waals surface area contributed by atoms with Crippen molar-refractivity contribution in [1.82, 2.24) is 0 Å². The normalized spacial score (nSPS) is 17.5. The lowest BCUT2D eigenvalue weighted by Crippen LogP contribution is -2.37. The molecule has 2 aromatic carbocycles. The van der Waals surface area contributed by atoms with Gasteiger partial charge in [-0.2, -0.15) is 0 Å². The zero-order valence-electron chi connectivity index (χ0n) is 17.5. The number of anilines is 2. The maximum absolute atomic E-state index is 13.3. The highest BCUT2D eigenvalue weighted by atomic mass is 19.3. The number of ether oxygens (including phenoxy) is 2. The van der Waals surface area contributed by atoms with Crippen molar-refractivity contribution in [2.45, 2.75) is 38.2 Å². The van der Waals surface area contributed by atoms with Gasteiger partial charge in [-0.15, -0.1) is 0 Å². The van der Waals surface area contributed by atoms with Gasteiger partial charge in [0.1, 0.15) is 17.3 Å². The van der Waals surface area contributed by atoms with Gasteiger partial charge in [0.2, 0.25) is 11.8 Å². The van der Waals surface area contributed by atoms with Crippen molar-refractivity contribution in [3.05, 3.63) is 47.3 Å². The summed E-state index contributed by atoms with van der Waals surface area (Å²) in [6.45, 7) is 1.26. The Hall–Kier alpha value is -2.90. The number of nitrogens with one attached hydrogen (secondary N) is 1. The highest BCUT2D eigenvalue weighted by Crippen LogP contribution is 2.45. The number of alkyl halides is 2. The first-order valence-electron chi connectivity index (χ1n) is 10.2. The van der Waals surface area contributed by atoms with Crippen molar-refractivity contribution >= 4 is 17.3 Å². The van der Waals surface area contributed by atoms with E-state index in [1.54, 1.807) is 12.1 Å². The van der Waals surface area contributed by atoms with Gasteiger partial charge in [-0.1, -0.05) is 0 Å². The summed E-state index contributed by atoms with van der Waals surface area (Å²) < 4.78 is 50.6. The zero-order chi connectivity index (χ0) is 22.2. The average Bonchev–Trinajstić information content (AvgIpc) is 2.72. The van der Waals surface area contributed by atoms with Crippen LogP contribution in [0.1, 0.15) is 30.4 Å². The largest absolute Gasteiger partial charge is 0.494 e. The molecule has 2 aliphatic rings. The smallest absolute Gasteiger partial charge is 0.248 e. The summed E-state index contributed by atoms with van der Waals surface area (Å²) in [5, 5.41) is 2.82. The third kappa shape index (κ3) is 4.43. The van der Waals surface area contributed by atoms with Gasteiger partial charge in [-0.3, -0.25) is 4.79 Å². The number of amides is 1. The Kier molecular flexibility index (Phi) is 5.73. The number of carbonyl (C=O) groups is 1. The van der Waals surface area contributed by atoms with E-state index >= 15 is 0 Å². The number of rotatable bonds is 6. The SMILES string of the molecule is COc1cc2c(c(OC)c1NC(=O)CC1CC(F)(F)C1)CN(c1ccc(F)cc1)CC2. The summed E-state index contributed by atoms with van der Waals surface area (Å²) in [7, 11) is 3.03. The molecule has 166 valence electrons. The number of fused-ring (bicyclic) bond motifs is 1. The molecule has 1 N–H and O–H groups in total. The van der Waals surface area contributed by atoms with Crippen LogP contribution in [-0.4, -0.2) is 32.6 Å². The van der Waals surface area contributed by atoms with Crippen LogP contribution < -0.4 is 19.7 Å². The second-order valence-corrected chi connectivity index (χ2v) is 8.16. The minimum Gasteiger partial charge on any atom is -0.494 e. The van der Waals surface area contributed by atoms with Gasteiger partial charge in [0, 0.05) is 43.6 Å². The van der Waals surface area contributed by atoms with Crippen LogP contribution in [0.5, 0.6) is 11.5 Å². The van der Waals surface area contributed by atoms with E-state index in [0.717, 1.165) is 29.8 Å². The predicted octanol–water partition coefficient (Wildman–Crippen LogP) is 4.78. The molecule has 0 aromatic heterocycles. The maximum atomic E-state index is 13.3. The molecule has 1 aliphatic heterocycles. The van der Waals surface area contributed by atoms with Crippen LogP contribution in [0.3, 0.4) is 0 Å². The van der Waals surface area contributed by atoms with E-state index in [0.29, 0.717) is 23.7 Å². The molecular weight excluding hydrogens is 409 g/mol. The summed E-state index contributed by atoms with van der Waals surface area (Å²) in [4.78, 5) is 14.6. The summed E-state index contributed by atoms with van der Waals surface area (Å²) in [5.41, 5.74) is 3.25. The van der Waals surface area contributed by atoms with Gasteiger partial charge in [0.05, 0.1) is 14.2 Å². The average molecular weight is 434 g/mol. The number of hydrogen-bond acceptors (Lipinski definition) is 4. The fourth-order valence-electron chi connectivity index (χ4n) is 4.41. The molecule has 8 heteroatoms. The second-order valence-electron chi connectivity index (χ2n) is 8.16. The van der Waals surface area contributed by atoms with Crippen molar-refractivity contribution in [1.29, 1.82) is 0 Å². The first kappa shape index (κ1) is 21.3. The van der Waals surface area contributed by atoms with E-state index in [4.69, 9.17) is 9.47 Å². The molecule has 0 atom stereocenters. The lowest BCUT2D eigenvalue weighted by Gasteiger charge is -2.35. The summed E-state index contributed by atoms with van der Waals surface area (Å²) in [6.07, 6.45) is 0.239. The fraction of sp³-hybridized carbons (Fsp3) is 0.435. The zero-order valence-corrected chi connectivity index (χ0v) is 17.5. The van der Waals surface area contributed by atoms with E-state index in [2.05, 4.69) is 10.2 Å². The lowest BCUT2D eigenvalue weighted by molar-refractivity contribution is -0.129. The topological polar surface area (TPSA) is 50.8 Å². The third-order valence-corrected chi connectivity index (χ3v) is 5.97. The van der Waals surface area contributed by atoms with Gasteiger partial charge in [0.15, 0.2) is 5.75 Å². The molecule has 4 rings (SSSR count). The van der Waals surface area contributed by atoms with Crippen molar-refractivity contribution in [3.63, 3.8) is 0 Å². The third-order valence-electron chi connectivity index (χ3n) is 5.97. The molecule has 0 saturated heterocycles. The van der Waals surface area contributed by atoms with Crippen LogP contribution in [0.4, 0.5) is 24.5 Å². The molecule has 5 nitrogen and oxygen atoms in total. The number of nitrogens with zero attached hydrogens (tertiary/aromatic N) is 1. The Labute approximate surface area is 179 Å². The Balaban J connectivity index is 1.58. The first-order valence-corrected chi connectivity index (χ1v) is 10.2. The monoisotopic (exact) mass is 434 g/mol. The molecule has 0 radical (unpaired) electrons. The Morgan fingerprint density at radius 3 is 2.52 bits per heavy atom. The molecule has 0 bridgehead atoms. The van der Waals surface area contributed by atoms with Gasteiger partial charge in [0.25, 0.3) is 0 Å². The van der Waals surface area contributed by atoms with Crippen molar-refractivity contribution in [2.75, 3.05) is 31.0 Å². The lowest BCUT2D eigenvalue weighted by atomic mass is 9.79. The van der Waals surface area contributed by atoms with Crippen LogP contribution in [0.2, 0.25) is 0 Å². The van der Waals surface area contributed by atoms with Crippen LogP contribution in [-0.2, 0) is 17.8 Å². The molecule has 1 aliphatic carbocycles. The highest BCUT2D eigenvalue weighted by Gasteiger charge is 2.45. The fourth-order valence-corrected chi connectivity index (χ4v) is 4.41. The van der Waals surface area contributed by atoms with Crippen LogP contribution in [0.15, 0.2) is 30.3 Å². The molecular formula is C23H25F3N2O3. The molecule has 0 unspecified atom stereocenters. The van der Waals surface area contributed by atoms with Gasteiger partial charge >= 0.3 is 0 Å². The Morgan fingerprint density at radius 2 is 1.90 bits per heavy atom. The molecule has 31 heavy (non-hydrogen) atoms. The standard InChI is InChI=1S/C23H25F3N2O3/c1-30-19-10-15-7-8-28(17-5-3-16(24)4-6-17)13-18(15)22(31-2)21(19)27-20(29)9-14-11-23(25,26)12-14/h3-6,10,14H,7-9,11-13H2,1-2H3,(H,27,29). The summed E-state index contributed by atoms with van der Waals surface area (Å²) >= 11 is 0. The summed E-state index contributed by atoms with van der Waals surface area (Å²) in [6, 6.07) is 8.19. The molecule has 1 saturated carbocycles. The molecule has 2 aromatic rings. The van der Waals surface area contributed by atoms with E-state index in [9.17, 15) is 18.0 Å². The van der Waals surface area contributed by atoms with Crippen molar-refractivity contribution in [3.8, 4) is 11.5 Å². The number of halogens is 3. The van der Waals surface area contributed by atoms with Gasteiger partial charge in [-0.05, 0) is 48.2 Å². The molecule has 1 amide bonds. The van der Waals surface area contributed by atoms with E-state index in [1.165, 1.54) is 26.4 Å². The summed E-state index contributed by atoms with van der Waals surface area (Å²) in [5.74, 6) is -2.65. The van der Waals surface area contributed by atoms with Crippen molar-refractivity contribution in [2.24, 2.45) is 5.92 Å². The second kappa shape index (κ2) is 8.32. The molecule has 1 heterocycles.